The van der Waals surface area contributed by atoms with Crippen molar-refractivity contribution in [2.45, 2.75) is 6.10 Å². The topological polar surface area (TPSA) is 86.2 Å². The Morgan fingerprint density at radius 1 is 1.53 bits per heavy atom. The molecule has 0 bridgehead atoms. The fourth-order valence-electron chi connectivity index (χ4n) is 1.34. The van der Waals surface area contributed by atoms with Gasteiger partial charge in [0, 0.05) is 14.3 Å². The lowest BCUT2D eigenvalue weighted by atomic mass is 10.2. The van der Waals surface area contributed by atoms with Crippen LogP contribution in [0.3, 0.4) is 0 Å². The van der Waals surface area contributed by atoms with Gasteiger partial charge in [-0.3, -0.25) is 0 Å². The van der Waals surface area contributed by atoms with Gasteiger partial charge in [-0.2, -0.15) is 0 Å². The van der Waals surface area contributed by atoms with Crippen LogP contribution in [0, 0.1) is 0 Å². The molecule has 0 aliphatic heterocycles. The Morgan fingerprint density at radius 2 is 2.24 bits per heavy atom. The molecular weight excluding hydrogens is 376 g/mol. The molecule has 2 rings (SSSR count). The molecule has 2 aromatic rings. The molecule has 0 aromatic carbocycles. The number of H-pyrrole nitrogens is 1. The first-order valence-corrected chi connectivity index (χ1v) is 6.86. The summed E-state index contributed by atoms with van der Waals surface area (Å²) in [6.45, 7) is 0. The average Bonchev–Trinajstić information content (AvgIpc) is 2.87. The summed E-state index contributed by atoms with van der Waals surface area (Å²) in [5.41, 5.74) is 0.00136. The van der Waals surface area contributed by atoms with Gasteiger partial charge in [0.2, 0.25) is 0 Å². The summed E-state index contributed by atoms with van der Waals surface area (Å²) < 4.78 is 1.52. The van der Waals surface area contributed by atoms with Gasteiger partial charge in [-0.05, 0) is 31.9 Å². The summed E-state index contributed by atoms with van der Waals surface area (Å²) in [6, 6.07) is 0. The lowest BCUT2D eigenvalue weighted by Crippen LogP contribution is -2.07. The number of aromatic nitrogens is 2. The first-order valence-electron chi connectivity index (χ1n) is 4.39. The van der Waals surface area contributed by atoms with Gasteiger partial charge in [-0.1, -0.05) is 0 Å². The minimum atomic E-state index is -1.17. The highest BCUT2D eigenvalue weighted by Gasteiger charge is 2.24. The second kappa shape index (κ2) is 4.89. The van der Waals surface area contributed by atoms with Crippen LogP contribution in [0.2, 0.25) is 0 Å². The summed E-state index contributed by atoms with van der Waals surface area (Å²) in [5, 5.41) is 20.8. The molecule has 0 saturated carbocycles. The van der Waals surface area contributed by atoms with Gasteiger partial charge in [-0.25, -0.2) is 9.78 Å². The third-order valence-corrected chi connectivity index (χ3v) is 5.72. The Bertz CT molecular complexity index is 566. The summed E-state index contributed by atoms with van der Waals surface area (Å²) in [5.74, 6) is -1.17. The second-order valence-corrected chi connectivity index (χ2v) is 5.69. The predicted octanol–water partition coefficient (Wildman–Crippen LogP) is 2.78. The number of aromatic carboxylic acids is 1. The minimum Gasteiger partial charge on any atom is -0.476 e. The zero-order chi connectivity index (χ0) is 12.6. The van der Waals surface area contributed by atoms with E-state index in [0.717, 1.165) is 4.47 Å². The first-order chi connectivity index (χ1) is 8.02. The number of imidazole rings is 1. The van der Waals surface area contributed by atoms with E-state index >= 15 is 0 Å². The van der Waals surface area contributed by atoms with Crippen LogP contribution in [0.4, 0.5) is 0 Å². The van der Waals surface area contributed by atoms with Gasteiger partial charge in [0.15, 0.2) is 5.69 Å². The van der Waals surface area contributed by atoms with Gasteiger partial charge in [0.25, 0.3) is 0 Å². The van der Waals surface area contributed by atoms with E-state index in [9.17, 15) is 9.90 Å². The molecule has 0 fully saturated rings. The largest absolute Gasteiger partial charge is 0.476 e. The summed E-state index contributed by atoms with van der Waals surface area (Å²) >= 11 is 7.94. The Morgan fingerprint density at radius 3 is 2.76 bits per heavy atom. The monoisotopic (exact) mass is 380 g/mol. The smallest absolute Gasteiger partial charge is 0.356 e. The first kappa shape index (κ1) is 12.7. The van der Waals surface area contributed by atoms with Gasteiger partial charge < -0.3 is 15.2 Å². The van der Waals surface area contributed by atoms with Crippen molar-refractivity contribution in [2.24, 2.45) is 0 Å². The number of nitrogens with one attached hydrogen (secondary N) is 1. The van der Waals surface area contributed by atoms with Crippen molar-refractivity contribution < 1.29 is 15.0 Å². The maximum absolute atomic E-state index is 10.9. The van der Waals surface area contributed by atoms with Crippen molar-refractivity contribution in [1.29, 1.82) is 0 Å². The van der Waals surface area contributed by atoms with E-state index in [1.54, 1.807) is 5.38 Å². The predicted molar refractivity (Wildman–Crippen MR) is 69.3 cm³/mol. The lowest BCUT2D eigenvalue weighted by Gasteiger charge is -2.08. The molecule has 0 saturated heterocycles. The molecule has 1 atom stereocenters. The van der Waals surface area contributed by atoms with E-state index in [1.165, 1.54) is 17.7 Å². The van der Waals surface area contributed by atoms with E-state index in [1.807, 2.05) is 0 Å². The van der Waals surface area contributed by atoms with E-state index in [4.69, 9.17) is 5.11 Å². The van der Waals surface area contributed by atoms with E-state index in [-0.39, 0.29) is 11.4 Å². The number of carbonyl (C=O) groups is 1. The van der Waals surface area contributed by atoms with Crippen LogP contribution < -0.4 is 0 Å². The molecule has 0 spiro atoms. The number of hydrogen-bond donors (Lipinski definition) is 3. The Kier molecular flexibility index (Phi) is 3.67. The lowest BCUT2D eigenvalue weighted by molar-refractivity contribution is 0.0685. The molecule has 0 aliphatic rings. The summed E-state index contributed by atoms with van der Waals surface area (Å²) in [6.07, 6.45) is 0.202. The fraction of sp³-hybridized carbons (Fsp3) is 0.111. The molecule has 2 heterocycles. The van der Waals surface area contributed by atoms with E-state index < -0.39 is 12.1 Å². The number of aliphatic hydroxyl groups is 1. The van der Waals surface area contributed by atoms with Crippen molar-refractivity contribution >= 4 is 49.2 Å². The third kappa shape index (κ3) is 2.30. The molecule has 17 heavy (non-hydrogen) atoms. The zero-order valence-electron chi connectivity index (χ0n) is 8.15. The molecule has 5 nitrogen and oxygen atoms in total. The second-order valence-electron chi connectivity index (χ2n) is 3.13. The molecular formula is C9H6Br2N2O3S. The SMILES string of the molecule is O=C(O)c1nc[nH]c1C(O)c1scc(Br)c1Br. The average molecular weight is 382 g/mol. The standard InChI is InChI=1S/C9H6Br2N2O3S/c10-3-1-17-8(4(3)11)7(14)5-6(9(15)16)13-2-12-5/h1-2,7,14H,(H,12,13)(H,15,16). The molecule has 90 valence electrons. The Labute approximate surface area is 117 Å². The number of halogens is 2. The van der Waals surface area contributed by atoms with Gasteiger partial charge in [-0.15, -0.1) is 11.3 Å². The van der Waals surface area contributed by atoms with E-state index in [0.29, 0.717) is 9.35 Å². The normalized spacial score (nSPS) is 12.6. The molecule has 0 aliphatic carbocycles. The highest BCUT2D eigenvalue weighted by molar-refractivity contribution is 9.13. The maximum atomic E-state index is 10.9. The molecule has 0 amide bonds. The van der Waals surface area contributed by atoms with Crippen LogP contribution in [0.15, 0.2) is 20.7 Å². The number of carboxylic acid groups (broad SMARTS) is 1. The summed E-state index contributed by atoms with van der Waals surface area (Å²) in [4.78, 5) is 17.8. The van der Waals surface area contributed by atoms with Gasteiger partial charge >= 0.3 is 5.97 Å². The number of rotatable bonds is 3. The fourth-order valence-corrected chi connectivity index (χ4v) is 3.53. The highest BCUT2D eigenvalue weighted by Crippen LogP contribution is 2.38. The van der Waals surface area contributed by atoms with Gasteiger partial charge in [0.05, 0.1) is 16.9 Å². The maximum Gasteiger partial charge on any atom is 0.356 e. The Balaban J connectivity index is 2.44. The number of nitrogens with zero attached hydrogens (tertiary/aromatic N) is 1. The number of aliphatic hydroxyl groups excluding tert-OH is 1. The van der Waals surface area contributed by atoms with Crippen molar-refractivity contribution in [3.8, 4) is 0 Å². The van der Waals surface area contributed by atoms with Crippen LogP contribution in [-0.4, -0.2) is 26.2 Å². The van der Waals surface area contributed by atoms with Crippen molar-refractivity contribution in [3.63, 3.8) is 0 Å². The molecule has 1 unspecified atom stereocenters. The highest BCUT2D eigenvalue weighted by atomic mass is 79.9. The zero-order valence-corrected chi connectivity index (χ0v) is 12.1. The Hall–Kier alpha value is -0.700. The number of aromatic amines is 1. The summed E-state index contributed by atoms with van der Waals surface area (Å²) in [7, 11) is 0. The molecule has 8 heteroatoms. The molecule has 2 aromatic heterocycles. The molecule has 0 radical (unpaired) electrons. The number of hydrogen-bond acceptors (Lipinski definition) is 4. The van der Waals surface area contributed by atoms with Crippen LogP contribution >= 0.6 is 43.2 Å². The van der Waals surface area contributed by atoms with Crippen LogP contribution in [0.1, 0.15) is 27.2 Å². The molecule has 3 N–H and O–H groups in total. The minimum absolute atomic E-state index is 0.172. The number of thiophene rings is 1. The van der Waals surface area contributed by atoms with Crippen LogP contribution in [-0.2, 0) is 0 Å². The van der Waals surface area contributed by atoms with Gasteiger partial charge in [0.1, 0.15) is 6.10 Å². The van der Waals surface area contributed by atoms with Crippen molar-refractivity contribution in [3.05, 3.63) is 36.9 Å². The van der Waals surface area contributed by atoms with E-state index in [2.05, 4.69) is 41.8 Å². The van der Waals surface area contributed by atoms with Crippen LogP contribution in [0.5, 0.6) is 0 Å². The van der Waals surface area contributed by atoms with Crippen molar-refractivity contribution in [1.82, 2.24) is 9.97 Å². The number of carboxylic acids is 1. The van der Waals surface area contributed by atoms with Crippen molar-refractivity contribution in [2.75, 3.05) is 0 Å². The van der Waals surface area contributed by atoms with Crippen LogP contribution in [0.25, 0.3) is 0 Å². The third-order valence-electron chi connectivity index (χ3n) is 2.11. The quantitative estimate of drug-likeness (QED) is 0.762.